The van der Waals surface area contributed by atoms with E-state index in [1.54, 1.807) is 0 Å². The van der Waals surface area contributed by atoms with E-state index < -0.39 is 0 Å². The van der Waals surface area contributed by atoms with E-state index in [2.05, 4.69) is 66.9 Å². The number of fused-ring (bicyclic) bond motifs is 1. The zero-order valence-corrected chi connectivity index (χ0v) is 18.5. The summed E-state index contributed by atoms with van der Waals surface area (Å²) in [6.07, 6.45) is 4.50. The Balaban J connectivity index is 1.55. The topological polar surface area (TPSA) is 123 Å². The van der Waals surface area contributed by atoms with Gasteiger partial charge < -0.3 is 26.7 Å². The Labute approximate surface area is 191 Å². The maximum absolute atomic E-state index is 5.89. The summed E-state index contributed by atoms with van der Waals surface area (Å²) in [6, 6.07) is 15.2. The van der Waals surface area contributed by atoms with Crippen LogP contribution in [0.5, 0.6) is 0 Å². The van der Waals surface area contributed by atoms with Crippen molar-refractivity contribution in [2.45, 2.75) is 25.4 Å². The predicted molar refractivity (Wildman–Crippen MR) is 133 cm³/mol. The second-order valence-corrected chi connectivity index (χ2v) is 8.57. The first-order chi connectivity index (χ1) is 15.6. The molecule has 0 bridgehead atoms. The Morgan fingerprint density at radius 2 is 2.03 bits per heavy atom. The number of benzene rings is 2. The Kier molecular flexibility index (Phi) is 5.50. The Morgan fingerprint density at radius 1 is 1.19 bits per heavy atom. The maximum Gasteiger partial charge on any atom is 0.243 e. The third-order valence-corrected chi connectivity index (χ3v) is 6.25. The van der Waals surface area contributed by atoms with Crippen LogP contribution in [0.4, 0.5) is 11.9 Å². The van der Waals surface area contributed by atoms with Gasteiger partial charge in [-0.25, -0.2) is 5.10 Å². The fraction of sp³-hybridized carbons (Fsp3) is 0.261. The number of piperidine rings is 1. The van der Waals surface area contributed by atoms with Crippen LogP contribution in [0, 0.1) is 0 Å². The number of rotatable bonds is 6. The minimum Gasteiger partial charge on any atom is -0.389 e. The van der Waals surface area contributed by atoms with Crippen molar-refractivity contribution in [2.75, 3.05) is 24.1 Å². The molecule has 1 aliphatic heterocycles. The zero-order chi connectivity index (χ0) is 22.1. The van der Waals surface area contributed by atoms with Gasteiger partial charge in [-0.05, 0) is 49.2 Å². The van der Waals surface area contributed by atoms with E-state index in [-0.39, 0.29) is 0 Å². The molecule has 5 rings (SSSR count). The number of nitrogens with two attached hydrogens (primary N) is 2. The van der Waals surface area contributed by atoms with Crippen LogP contribution in [0.2, 0.25) is 0 Å². The molecule has 4 aromatic rings. The number of aromatic nitrogens is 4. The molecule has 0 radical (unpaired) electrons. The summed E-state index contributed by atoms with van der Waals surface area (Å²) in [5, 5.41) is 14.6. The van der Waals surface area contributed by atoms with Gasteiger partial charge in [0, 0.05) is 40.8 Å². The maximum atomic E-state index is 5.89. The lowest BCUT2D eigenvalue weighted by Gasteiger charge is -2.25. The van der Waals surface area contributed by atoms with Crippen molar-refractivity contribution in [3.05, 3.63) is 59.8 Å². The summed E-state index contributed by atoms with van der Waals surface area (Å²) in [5.74, 6) is 0.790. The molecule has 1 saturated heterocycles. The number of hydrogen-bond acceptors (Lipinski definition) is 6. The van der Waals surface area contributed by atoms with Crippen LogP contribution in [0.3, 0.4) is 0 Å². The summed E-state index contributed by atoms with van der Waals surface area (Å²) in [4.78, 5) is 4.52. The van der Waals surface area contributed by atoms with Gasteiger partial charge in [0.2, 0.25) is 11.9 Å². The van der Waals surface area contributed by atoms with Crippen molar-refractivity contribution in [2.24, 2.45) is 5.73 Å². The number of nitrogen functional groups attached to an aromatic ring is 1. The lowest BCUT2D eigenvalue weighted by atomic mass is 10.0. The molecular weight excluding hydrogens is 420 g/mol. The van der Waals surface area contributed by atoms with E-state index in [1.807, 2.05) is 12.1 Å². The van der Waals surface area contributed by atoms with Crippen molar-refractivity contribution in [3.63, 3.8) is 0 Å². The van der Waals surface area contributed by atoms with Crippen LogP contribution >= 0.6 is 12.2 Å². The van der Waals surface area contributed by atoms with Gasteiger partial charge in [0.1, 0.15) is 4.99 Å². The molecule has 3 heterocycles. The molecule has 0 unspecified atom stereocenters. The molecule has 9 heteroatoms. The smallest absolute Gasteiger partial charge is 0.243 e. The fourth-order valence-corrected chi connectivity index (χ4v) is 4.53. The molecular formula is C23H26N8S. The lowest BCUT2D eigenvalue weighted by Crippen LogP contribution is -2.29. The first-order valence-corrected chi connectivity index (χ1v) is 11.2. The van der Waals surface area contributed by atoms with Crippen LogP contribution in [0.1, 0.15) is 30.0 Å². The highest BCUT2D eigenvalue weighted by Crippen LogP contribution is 2.35. The van der Waals surface area contributed by atoms with Gasteiger partial charge in [0.25, 0.3) is 0 Å². The van der Waals surface area contributed by atoms with E-state index in [0.717, 1.165) is 42.6 Å². The number of anilines is 2. The largest absolute Gasteiger partial charge is 0.389 e. The molecule has 7 N–H and O–H groups in total. The van der Waals surface area contributed by atoms with Crippen LogP contribution in [-0.4, -0.2) is 37.8 Å². The highest BCUT2D eigenvalue weighted by molar-refractivity contribution is 7.80. The summed E-state index contributed by atoms with van der Waals surface area (Å²) >= 11 is 5.20. The van der Waals surface area contributed by atoms with Crippen LogP contribution in [0.25, 0.3) is 22.0 Å². The monoisotopic (exact) mass is 446 g/mol. The molecule has 1 aliphatic rings. The molecule has 0 amide bonds. The summed E-state index contributed by atoms with van der Waals surface area (Å²) in [7, 11) is 0. The Bertz CT molecular complexity index is 1270. The first-order valence-electron chi connectivity index (χ1n) is 10.7. The van der Waals surface area contributed by atoms with Gasteiger partial charge in [-0.1, -0.05) is 42.5 Å². The van der Waals surface area contributed by atoms with E-state index in [1.165, 1.54) is 16.5 Å². The fourth-order valence-electron chi connectivity index (χ4n) is 4.40. The molecule has 32 heavy (non-hydrogen) atoms. The van der Waals surface area contributed by atoms with Crippen molar-refractivity contribution in [1.82, 2.24) is 25.1 Å². The second kappa shape index (κ2) is 8.60. The minimum atomic E-state index is 0.298. The van der Waals surface area contributed by atoms with Gasteiger partial charge >= 0.3 is 0 Å². The van der Waals surface area contributed by atoms with E-state index in [4.69, 9.17) is 23.7 Å². The molecule has 0 atom stereocenters. The molecule has 2 aromatic heterocycles. The minimum absolute atomic E-state index is 0.298. The average Bonchev–Trinajstić information content (AvgIpc) is 3.41. The summed E-state index contributed by atoms with van der Waals surface area (Å²) in [6.45, 7) is 2.67. The van der Waals surface area contributed by atoms with Crippen molar-refractivity contribution in [1.29, 1.82) is 0 Å². The molecule has 0 aliphatic carbocycles. The van der Waals surface area contributed by atoms with Gasteiger partial charge in [-0.3, -0.25) is 0 Å². The first kappa shape index (κ1) is 20.5. The molecule has 8 nitrogen and oxygen atoms in total. The number of hydrogen-bond donors (Lipinski definition) is 5. The van der Waals surface area contributed by atoms with Gasteiger partial charge in [0.15, 0.2) is 0 Å². The van der Waals surface area contributed by atoms with E-state index in [9.17, 15) is 0 Å². The number of thiocarbonyl (C=S) groups is 1. The van der Waals surface area contributed by atoms with Crippen molar-refractivity contribution >= 4 is 40.0 Å². The highest BCUT2D eigenvalue weighted by atomic mass is 32.1. The predicted octanol–water partition coefficient (Wildman–Crippen LogP) is 3.18. The van der Waals surface area contributed by atoms with Crippen LogP contribution in [-0.2, 0) is 6.54 Å². The number of H-pyrrole nitrogens is 1. The molecule has 0 spiro atoms. The normalized spacial score (nSPS) is 14.6. The average molecular weight is 447 g/mol. The number of nitrogens with one attached hydrogen (secondary N) is 3. The third kappa shape index (κ3) is 4.04. The zero-order valence-electron chi connectivity index (χ0n) is 17.6. The van der Waals surface area contributed by atoms with E-state index in [0.29, 0.717) is 29.5 Å². The van der Waals surface area contributed by atoms with Crippen molar-refractivity contribution in [3.8, 4) is 11.1 Å². The third-order valence-electron chi connectivity index (χ3n) is 6.01. The summed E-state index contributed by atoms with van der Waals surface area (Å²) in [5.41, 5.74) is 17.1. The molecule has 0 saturated carbocycles. The van der Waals surface area contributed by atoms with Crippen LogP contribution < -0.4 is 22.1 Å². The SMILES string of the molecule is NC(=S)c1cccc(-c2cn(C3CCNCC3)c3cc(CNc4n[nH]c(N)n4)ccc23)c1. The standard InChI is InChI=1S/C23H26N8S/c24-21(32)16-3-1-2-15(11-16)19-13-31(17-6-8-26-9-7-17)20-10-14(4-5-18(19)20)12-27-23-28-22(25)29-30-23/h1-5,10-11,13,17,26H,6-9,12H2,(H2,24,32)(H4,25,27,28,29,30). The number of nitrogens with zero attached hydrogens (tertiary/aromatic N) is 3. The van der Waals surface area contributed by atoms with E-state index >= 15 is 0 Å². The molecule has 2 aromatic carbocycles. The number of aromatic amines is 1. The van der Waals surface area contributed by atoms with Gasteiger partial charge in [-0.2, -0.15) is 4.98 Å². The van der Waals surface area contributed by atoms with Gasteiger partial charge in [0.05, 0.1) is 0 Å². The molecule has 1 fully saturated rings. The second-order valence-electron chi connectivity index (χ2n) is 8.13. The lowest BCUT2D eigenvalue weighted by molar-refractivity contribution is 0.376. The highest BCUT2D eigenvalue weighted by Gasteiger charge is 2.20. The quantitative estimate of drug-likeness (QED) is 0.288. The van der Waals surface area contributed by atoms with Gasteiger partial charge in [-0.15, -0.1) is 5.10 Å². The summed E-state index contributed by atoms with van der Waals surface area (Å²) < 4.78 is 2.44. The van der Waals surface area contributed by atoms with Crippen molar-refractivity contribution < 1.29 is 0 Å². The molecule has 164 valence electrons. The van der Waals surface area contributed by atoms with Crippen LogP contribution in [0.15, 0.2) is 48.7 Å². The Hall–Kier alpha value is -3.43. The Morgan fingerprint density at radius 3 is 2.78 bits per heavy atom.